The first kappa shape index (κ1) is 18.4. The summed E-state index contributed by atoms with van der Waals surface area (Å²) in [4.78, 5) is 12.0. The van der Waals surface area contributed by atoms with Crippen molar-refractivity contribution in [2.24, 2.45) is 0 Å². The van der Waals surface area contributed by atoms with Crippen LogP contribution < -0.4 is 10.1 Å². The third kappa shape index (κ3) is 5.83. The third-order valence-electron chi connectivity index (χ3n) is 3.53. The van der Waals surface area contributed by atoms with E-state index in [0.29, 0.717) is 5.75 Å². The molecule has 0 fully saturated rings. The predicted octanol–water partition coefficient (Wildman–Crippen LogP) is 6.00. The van der Waals surface area contributed by atoms with Gasteiger partial charge in [-0.15, -0.1) is 11.8 Å². The molecule has 0 bridgehead atoms. The Balaban J connectivity index is 1.44. The summed E-state index contributed by atoms with van der Waals surface area (Å²) in [5.41, 5.74) is 1.90. The Hall–Kier alpha value is -2.43. The molecule has 0 saturated carbocycles. The second kappa shape index (κ2) is 9.32. The van der Waals surface area contributed by atoms with Gasteiger partial charge in [-0.1, -0.05) is 41.9 Å². The van der Waals surface area contributed by atoms with E-state index < -0.39 is 0 Å². The van der Waals surface area contributed by atoms with Crippen LogP contribution in [0.4, 0.5) is 5.69 Å². The lowest BCUT2D eigenvalue weighted by Crippen LogP contribution is -2.14. The number of rotatable bonds is 7. The summed E-state index contributed by atoms with van der Waals surface area (Å²) in [7, 11) is 0. The minimum absolute atomic E-state index is 0.0271. The summed E-state index contributed by atoms with van der Waals surface area (Å²) < 4.78 is 5.73. The average Bonchev–Trinajstić information content (AvgIpc) is 2.66. The molecule has 0 saturated heterocycles. The summed E-state index contributed by atoms with van der Waals surface area (Å²) >= 11 is 7.43. The summed E-state index contributed by atoms with van der Waals surface area (Å²) in [5.74, 6) is 2.65. The number of para-hydroxylation sites is 1. The second-order valence-corrected chi connectivity index (χ2v) is 7.03. The minimum atomic E-state index is -0.0271. The van der Waals surface area contributed by atoms with E-state index in [4.69, 9.17) is 16.3 Å². The number of carbonyl (C=O) groups is 1. The molecule has 0 aromatic heterocycles. The Morgan fingerprint density at radius 1 is 0.885 bits per heavy atom. The quantitative estimate of drug-likeness (QED) is 0.543. The number of hydrogen-bond acceptors (Lipinski definition) is 3. The minimum Gasteiger partial charge on any atom is -0.457 e. The Morgan fingerprint density at radius 3 is 2.23 bits per heavy atom. The normalized spacial score (nSPS) is 10.3. The maximum Gasteiger partial charge on any atom is 0.234 e. The SMILES string of the molecule is O=C(CSCc1ccc(Cl)cc1)Nc1ccc(Oc2ccccc2)cc1. The number of anilines is 1. The van der Waals surface area contributed by atoms with Crippen molar-refractivity contribution < 1.29 is 9.53 Å². The summed E-state index contributed by atoms with van der Waals surface area (Å²) in [5, 5.41) is 3.61. The fourth-order valence-corrected chi connectivity index (χ4v) is 3.18. The van der Waals surface area contributed by atoms with Gasteiger partial charge in [0.15, 0.2) is 0 Å². The van der Waals surface area contributed by atoms with Crippen LogP contribution in [0.3, 0.4) is 0 Å². The Kier molecular flexibility index (Phi) is 6.58. The van der Waals surface area contributed by atoms with Gasteiger partial charge < -0.3 is 10.1 Å². The number of ether oxygens (including phenoxy) is 1. The fraction of sp³-hybridized carbons (Fsp3) is 0.0952. The lowest BCUT2D eigenvalue weighted by atomic mass is 10.2. The monoisotopic (exact) mass is 383 g/mol. The van der Waals surface area contributed by atoms with E-state index in [1.165, 1.54) is 0 Å². The Bertz CT molecular complexity index is 836. The maximum atomic E-state index is 12.0. The molecule has 0 atom stereocenters. The Morgan fingerprint density at radius 2 is 1.54 bits per heavy atom. The number of halogens is 1. The fourth-order valence-electron chi connectivity index (χ4n) is 2.27. The molecular formula is C21H18ClNO2S. The van der Waals surface area contributed by atoms with E-state index in [0.717, 1.165) is 33.5 Å². The lowest BCUT2D eigenvalue weighted by molar-refractivity contribution is -0.113. The van der Waals surface area contributed by atoms with Crippen molar-refractivity contribution in [3.05, 3.63) is 89.4 Å². The van der Waals surface area contributed by atoms with Crippen molar-refractivity contribution in [2.75, 3.05) is 11.1 Å². The van der Waals surface area contributed by atoms with Crippen molar-refractivity contribution in [1.29, 1.82) is 0 Å². The third-order valence-corrected chi connectivity index (χ3v) is 4.79. The van der Waals surface area contributed by atoms with Crippen molar-refractivity contribution >= 4 is 35.0 Å². The zero-order chi connectivity index (χ0) is 18.2. The molecule has 0 heterocycles. The second-order valence-electron chi connectivity index (χ2n) is 5.61. The summed E-state index contributed by atoms with van der Waals surface area (Å²) in [6.07, 6.45) is 0. The molecule has 3 nitrogen and oxygen atoms in total. The number of thioether (sulfide) groups is 1. The average molecular weight is 384 g/mol. The number of nitrogens with one attached hydrogen (secondary N) is 1. The first-order chi connectivity index (χ1) is 12.7. The summed E-state index contributed by atoms with van der Waals surface area (Å²) in [6.45, 7) is 0. The molecule has 0 aliphatic rings. The van der Waals surface area contributed by atoms with Crippen molar-refractivity contribution in [3.8, 4) is 11.5 Å². The maximum absolute atomic E-state index is 12.0. The van der Waals surface area contributed by atoms with Crippen LogP contribution >= 0.6 is 23.4 Å². The van der Waals surface area contributed by atoms with Crippen molar-refractivity contribution in [3.63, 3.8) is 0 Å². The topological polar surface area (TPSA) is 38.3 Å². The number of carbonyl (C=O) groups excluding carboxylic acids is 1. The molecule has 3 rings (SSSR count). The van der Waals surface area contributed by atoms with Crippen molar-refractivity contribution in [1.82, 2.24) is 0 Å². The molecule has 0 unspecified atom stereocenters. The van der Waals surface area contributed by atoms with Crippen molar-refractivity contribution in [2.45, 2.75) is 5.75 Å². The van der Waals surface area contributed by atoms with E-state index in [1.807, 2.05) is 78.9 Å². The van der Waals surface area contributed by atoms with Crippen LogP contribution in [0.1, 0.15) is 5.56 Å². The van der Waals surface area contributed by atoms with Crippen LogP contribution in [0.15, 0.2) is 78.9 Å². The molecule has 1 N–H and O–H groups in total. The Labute approximate surface area is 162 Å². The van der Waals surface area contributed by atoms with Gasteiger partial charge in [0.2, 0.25) is 5.91 Å². The molecule has 1 amide bonds. The van der Waals surface area contributed by atoms with Gasteiger partial charge in [0.25, 0.3) is 0 Å². The highest BCUT2D eigenvalue weighted by molar-refractivity contribution is 7.99. The van der Waals surface area contributed by atoms with E-state index in [1.54, 1.807) is 11.8 Å². The van der Waals surface area contributed by atoms with E-state index >= 15 is 0 Å². The van der Waals surface area contributed by atoms with Gasteiger partial charge in [0, 0.05) is 16.5 Å². The highest BCUT2D eigenvalue weighted by Gasteiger charge is 2.04. The zero-order valence-corrected chi connectivity index (χ0v) is 15.6. The van der Waals surface area contributed by atoms with E-state index in [-0.39, 0.29) is 5.91 Å². The van der Waals surface area contributed by atoms with Gasteiger partial charge in [-0.05, 0) is 54.1 Å². The predicted molar refractivity (Wildman–Crippen MR) is 109 cm³/mol. The van der Waals surface area contributed by atoms with Crippen LogP contribution in [0.25, 0.3) is 0 Å². The van der Waals surface area contributed by atoms with Gasteiger partial charge >= 0.3 is 0 Å². The van der Waals surface area contributed by atoms with Gasteiger partial charge in [-0.2, -0.15) is 0 Å². The molecule has 3 aromatic rings. The molecule has 5 heteroatoms. The van der Waals surface area contributed by atoms with Crippen LogP contribution in [0.5, 0.6) is 11.5 Å². The highest BCUT2D eigenvalue weighted by atomic mass is 35.5. The first-order valence-electron chi connectivity index (χ1n) is 8.14. The molecule has 0 radical (unpaired) electrons. The van der Waals surface area contributed by atoms with Gasteiger partial charge in [-0.3, -0.25) is 4.79 Å². The molecule has 3 aromatic carbocycles. The summed E-state index contributed by atoms with van der Waals surface area (Å²) in [6, 6.07) is 24.6. The molecule has 0 spiro atoms. The smallest absolute Gasteiger partial charge is 0.234 e. The molecule has 132 valence electrons. The number of hydrogen-bond donors (Lipinski definition) is 1. The molecule has 0 aliphatic heterocycles. The lowest BCUT2D eigenvalue weighted by Gasteiger charge is -2.08. The largest absolute Gasteiger partial charge is 0.457 e. The number of amides is 1. The van der Waals surface area contributed by atoms with Gasteiger partial charge in [0.05, 0.1) is 5.75 Å². The van der Waals surface area contributed by atoms with Gasteiger partial charge in [0.1, 0.15) is 11.5 Å². The number of benzene rings is 3. The van der Waals surface area contributed by atoms with Crippen LogP contribution in [-0.2, 0) is 10.5 Å². The standard InChI is InChI=1S/C21H18ClNO2S/c22-17-8-6-16(7-9-17)14-26-15-21(24)23-18-10-12-20(13-11-18)25-19-4-2-1-3-5-19/h1-13H,14-15H2,(H,23,24). The molecular weight excluding hydrogens is 366 g/mol. The first-order valence-corrected chi connectivity index (χ1v) is 9.67. The van der Waals surface area contributed by atoms with Crippen LogP contribution in [0, 0.1) is 0 Å². The zero-order valence-electron chi connectivity index (χ0n) is 14.0. The highest BCUT2D eigenvalue weighted by Crippen LogP contribution is 2.23. The van der Waals surface area contributed by atoms with E-state index in [9.17, 15) is 4.79 Å². The van der Waals surface area contributed by atoms with Gasteiger partial charge in [-0.25, -0.2) is 0 Å². The van der Waals surface area contributed by atoms with Crippen LogP contribution in [0.2, 0.25) is 5.02 Å². The van der Waals surface area contributed by atoms with Crippen LogP contribution in [-0.4, -0.2) is 11.7 Å². The van der Waals surface area contributed by atoms with E-state index in [2.05, 4.69) is 5.32 Å². The molecule has 26 heavy (non-hydrogen) atoms. The molecule has 0 aliphatic carbocycles.